The summed E-state index contributed by atoms with van der Waals surface area (Å²) >= 11 is 0. The van der Waals surface area contributed by atoms with Gasteiger partial charge in [-0.25, -0.2) is 8.78 Å². The molecule has 1 heterocycles. The maximum atomic E-state index is 11.8. The molecule has 0 aliphatic carbocycles. The third-order valence-electron chi connectivity index (χ3n) is 2.32. The molecule has 5 nitrogen and oxygen atoms in total. The first-order chi connectivity index (χ1) is 9.15. The van der Waals surface area contributed by atoms with Gasteiger partial charge in [0.15, 0.2) is 5.82 Å². The van der Waals surface area contributed by atoms with E-state index in [9.17, 15) is 8.78 Å². The number of nitrogen functional groups attached to an aromatic ring is 1. The summed E-state index contributed by atoms with van der Waals surface area (Å²) in [6, 6.07) is 7.03. The van der Waals surface area contributed by atoms with Crippen LogP contribution in [0.5, 0.6) is 0 Å². The van der Waals surface area contributed by atoms with Crippen LogP contribution < -0.4 is 5.73 Å². The van der Waals surface area contributed by atoms with E-state index in [0.717, 1.165) is 0 Å². The van der Waals surface area contributed by atoms with Crippen molar-refractivity contribution in [2.45, 2.75) is 12.8 Å². The van der Waals surface area contributed by atoms with Gasteiger partial charge in [-0.2, -0.15) is 4.98 Å². The quantitative estimate of drug-likeness (QED) is 0.642. The SMILES string of the molecule is Nc1cccc(-c2nc(CCOCC(F)F)no2)c1. The number of hydrogen-bond donors (Lipinski definition) is 1. The van der Waals surface area contributed by atoms with Gasteiger partial charge in [-0.3, -0.25) is 0 Å². The van der Waals surface area contributed by atoms with Gasteiger partial charge >= 0.3 is 0 Å². The van der Waals surface area contributed by atoms with E-state index in [0.29, 0.717) is 29.4 Å². The fraction of sp³-hybridized carbons (Fsp3) is 0.333. The second-order valence-corrected chi connectivity index (χ2v) is 3.86. The Hall–Kier alpha value is -2.02. The predicted octanol–water partition coefficient (Wildman–Crippen LogP) is 2.14. The molecule has 0 bridgehead atoms. The minimum absolute atomic E-state index is 0.125. The van der Waals surface area contributed by atoms with E-state index in [1.807, 2.05) is 0 Å². The Kier molecular flexibility index (Phi) is 4.40. The topological polar surface area (TPSA) is 74.2 Å². The standard InChI is InChI=1S/C12H13F2N3O2/c13-10(14)7-18-5-4-11-16-12(19-17-11)8-2-1-3-9(15)6-8/h1-3,6,10H,4-5,7,15H2. The number of hydrogen-bond acceptors (Lipinski definition) is 5. The second kappa shape index (κ2) is 6.24. The lowest BCUT2D eigenvalue weighted by atomic mass is 10.2. The zero-order valence-corrected chi connectivity index (χ0v) is 10.1. The third-order valence-corrected chi connectivity index (χ3v) is 2.32. The summed E-state index contributed by atoms with van der Waals surface area (Å²) in [5.41, 5.74) is 6.96. The first kappa shape index (κ1) is 13.4. The number of nitrogens with zero attached hydrogens (tertiary/aromatic N) is 2. The molecule has 0 aliphatic heterocycles. The zero-order valence-electron chi connectivity index (χ0n) is 10.1. The van der Waals surface area contributed by atoms with E-state index in [1.165, 1.54) is 0 Å². The Morgan fingerprint density at radius 1 is 1.37 bits per heavy atom. The molecule has 1 aromatic heterocycles. The van der Waals surface area contributed by atoms with Crippen LogP contribution in [0.2, 0.25) is 0 Å². The zero-order chi connectivity index (χ0) is 13.7. The van der Waals surface area contributed by atoms with Crippen molar-refractivity contribution in [3.8, 4) is 11.5 Å². The van der Waals surface area contributed by atoms with Crippen LogP contribution in [-0.2, 0) is 11.2 Å². The highest BCUT2D eigenvalue weighted by Crippen LogP contribution is 2.19. The number of anilines is 1. The number of ether oxygens (including phenoxy) is 1. The summed E-state index contributed by atoms with van der Waals surface area (Å²) in [6.07, 6.45) is -2.15. The molecule has 0 unspecified atom stereocenters. The van der Waals surface area contributed by atoms with E-state index in [1.54, 1.807) is 24.3 Å². The molecule has 0 saturated heterocycles. The van der Waals surface area contributed by atoms with Crippen LogP contribution in [0.3, 0.4) is 0 Å². The number of halogens is 2. The van der Waals surface area contributed by atoms with Crippen molar-refractivity contribution in [1.82, 2.24) is 10.1 Å². The molecule has 0 amide bonds. The lowest BCUT2D eigenvalue weighted by molar-refractivity contribution is 0.0182. The van der Waals surface area contributed by atoms with Crippen LogP contribution in [0.1, 0.15) is 5.82 Å². The summed E-state index contributed by atoms with van der Waals surface area (Å²) < 4.78 is 33.5. The Labute approximate surface area is 108 Å². The van der Waals surface area contributed by atoms with Crippen molar-refractivity contribution in [2.24, 2.45) is 0 Å². The van der Waals surface area contributed by atoms with Crippen LogP contribution in [0.15, 0.2) is 28.8 Å². The highest BCUT2D eigenvalue weighted by atomic mass is 19.3. The van der Waals surface area contributed by atoms with Crippen molar-refractivity contribution in [3.63, 3.8) is 0 Å². The molecular formula is C12H13F2N3O2. The third kappa shape index (κ3) is 3.99. The Morgan fingerprint density at radius 2 is 2.21 bits per heavy atom. The molecule has 2 aromatic rings. The van der Waals surface area contributed by atoms with Crippen LogP contribution in [0.25, 0.3) is 11.5 Å². The summed E-state index contributed by atoms with van der Waals surface area (Å²) in [6.45, 7) is -0.458. The van der Waals surface area contributed by atoms with Gasteiger partial charge in [-0.15, -0.1) is 0 Å². The van der Waals surface area contributed by atoms with Crippen molar-refractivity contribution >= 4 is 5.69 Å². The molecule has 0 saturated carbocycles. The Balaban J connectivity index is 1.92. The first-order valence-corrected chi connectivity index (χ1v) is 5.69. The molecule has 0 fully saturated rings. The number of benzene rings is 1. The molecule has 102 valence electrons. The molecule has 19 heavy (non-hydrogen) atoms. The summed E-state index contributed by atoms with van der Waals surface area (Å²) in [4.78, 5) is 4.14. The summed E-state index contributed by atoms with van der Waals surface area (Å²) in [7, 11) is 0. The number of rotatable bonds is 6. The van der Waals surface area contributed by atoms with Crippen molar-refractivity contribution in [3.05, 3.63) is 30.1 Å². The molecule has 0 spiro atoms. The first-order valence-electron chi connectivity index (χ1n) is 5.69. The van der Waals surface area contributed by atoms with E-state index in [2.05, 4.69) is 10.1 Å². The molecule has 0 radical (unpaired) electrons. The molecule has 7 heteroatoms. The lowest BCUT2D eigenvalue weighted by Crippen LogP contribution is -2.07. The van der Waals surface area contributed by atoms with Gasteiger partial charge < -0.3 is 15.0 Å². The highest BCUT2D eigenvalue weighted by Gasteiger charge is 2.09. The van der Waals surface area contributed by atoms with Gasteiger partial charge in [0.1, 0.15) is 6.61 Å². The van der Waals surface area contributed by atoms with Crippen LogP contribution in [0, 0.1) is 0 Å². The predicted molar refractivity (Wildman–Crippen MR) is 64.7 cm³/mol. The number of alkyl halides is 2. The van der Waals surface area contributed by atoms with Gasteiger partial charge in [0.25, 0.3) is 12.3 Å². The van der Waals surface area contributed by atoms with Crippen LogP contribution >= 0.6 is 0 Å². The average Bonchev–Trinajstić information content (AvgIpc) is 2.83. The maximum Gasteiger partial charge on any atom is 0.261 e. The molecular weight excluding hydrogens is 256 g/mol. The molecule has 2 N–H and O–H groups in total. The van der Waals surface area contributed by atoms with Gasteiger partial charge in [0, 0.05) is 17.7 Å². The summed E-state index contributed by atoms with van der Waals surface area (Å²) in [5, 5.41) is 3.74. The van der Waals surface area contributed by atoms with Crippen molar-refractivity contribution < 1.29 is 18.0 Å². The normalized spacial score (nSPS) is 11.1. The van der Waals surface area contributed by atoms with E-state index in [-0.39, 0.29) is 6.61 Å². The van der Waals surface area contributed by atoms with Gasteiger partial charge in [0.05, 0.1) is 6.61 Å². The van der Waals surface area contributed by atoms with Crippen LogP contribution in [0.4, 0.5) is 14.5 Å². The van der Waals surface area contributed by atoms with E-state index >= 15 is 0 Å². The van der Waals surface area contributed by atoms with Gasteiger partial charge in [0.2, 0.25) is 0 Å². The summed E-state index contributed by atoms with van der Waals surface area (Å²) in [5.74, 6) is 0.753. The van der Waals surface area contributed by atoms with Crippen molar-refractivity contribution in [2.75, 3.05) is 18.9 Å². The molecule has 0 atom stereocenters. The minimum Gasteiger partial charge on any atom is -0.399 e. The monoisotopic (exact) mass is 269 g/mol. The number of aromatic nitrogens is 2. The smallest absolute Gasteiger partial charge is 0.261 e. The fourth-order valence-electron chi connectivity index (χ4n) is 1.48. The molecule has 1 aromatic carbocycles. The maximum absolute atomic E-state index is 11.8. The second-order valence-electron chi connectivity index (χ2n) is 3.86. The Morgan fingerprint density at radius 3 is 2.95 bits per heavy atom. The van der Waals surface area contributed by atoms with Gasteiger partial charge in [-0.1, -0.05) is 11.2 Å². The van der Waals surface area contributed by atoms with E-state index < -0.39 is 13.0 Å². The van der Waals surface area contributed by atoms with E-state index in [4.69, 9.17) is 15.0 Å². The molecule has 0 aliphatic rings. The average molecular weight is 269 g/mol. The van der Waals surface area contributed by atoms with Crippen LogP contribution in [-0.4, -0.2) is 29.8 Å². The largest absolute Gasteiger partial charge is 0.399 e. The highest BCUT2D eigenvalue weighted by molar-refractivity contribution is 5.59. The number of nitrogens with two attached hydrogens (primary N) is 1. The lowest BCUT2D eigenvalue weighted by Gasteiger charge is -1.99. The molecule has 2 rings (SSSR count). The van der Waals surface area contributed by atoms with Gasteiger partial charge in [-0.05, 0) is 18.2 Å². The minimum atomic E-state index is -2.46. The Bertz CT molecular complexity index is 531. The fourth-order valence-corrected chi connectivity index (χ4v) is 1.48. The van der Waals surface area contributed by atoms with Crippen molar-refractivity contribution in [1.29, 1.82) is 0 Å².